The molecule has 9 heteroatoms. The lowest BCUT2D eigenvalue weighted by molar-refractivity contribution is -0.127. The summed E-state index contributed by atoms with van der Waals surface area (Å²) in [4.78, 5) is 28.9. The van der Waals surface area contributed by atoms with Gasteiger partial charge in [-0.15, -0.1) is 16.4 Å². The van der Waals surface area contributed by atoms with Crippen molar-refractivity contribution < 1.29 is 9.59 Å². The van der Waals surface area contributed by atoms with E-state index in [0.29, 0.717) is 5.02 Å². The molecule has 152 valence electrons. The Bertz CT molecular complexity index is 952. The highest BCUT2D eigenvalue weighted by Crippen LogP contribution is 2.29. The number of halogens is 1. The lowest BCUT2D eigenvalue weighted by Crippen LogP contribution is -2.49. The van der Waals surface area contributed by atoms with E-state index in [1.165, 1.54) is 16.2 Å². The van der Waals surface area contributed by atoms with E-state index < -0.39 is 11.6 Å². The summed E-state index contributed by atoms with van der Waals surface area (Å²) in [7, 11) is 0. The number of thiophene rings is 1. The first-order valence-corrected chi connectivity index (χ1v) is 11.0. The maximum atomic E-state index is 13.3. The minimum atomic E-state index is -0.792. The molecule has 2 aromatic heterocycles. The van der Waals surface area contributed by atoms with Crippen LogP contribution in [0.3, 0.4) is 0 Å². The van der Waals surface area contributed by atoms with E-state index in [1.54, 1.807) is 17.5 Å². The van der Waals surface area contributed by atoms with Crippen molar-refractivity contribution in [1.29, 1.82) is 0 Å². The van der Waals surface area contributed by atoms with Gasteiger partial charge in [-0.05, 0) is 61.4 Å². The average Bonchev–Trinajstić information content (AvgIpc) is 3.35. The molecule has 0 fully saturated rings. The van der Waals surface area contributed by atoms with Crippen LogP contribution in [0.15, 0.2) is 47.2 Å². The van der Waals surface area contributed by atoms with E-state index in [0.717, 1.165) is 22.0 Å². The summed E-state index contributed by atoms with van der Waals surface area (Å²) in [6.45, 7) is 5.96. The predicted octanol–water partition coefficient (Wildman–Crippen LogP) is 4.55. The molecule has 0 unspecified atom stereocenters. The number of nitrogens with zero attached hydrogens (tertiary/aromatic N) is 3. The first kappa shape index (κ1) is 21.4. The van der Waals surface area contributed by atoms with E-state index in [9.17, 15) is 9.59 Å². The number of aromatic nitrogens is 2. The van der Waals surface area contributed by atoms with Gasteiger partial charge < -0.3 is 10.2 Å². The predicted molar refractivity (Wildman–Crippen MR) is 116 cm³/mol. The molecule has 1 aromatic carbocycles. The molecule has 6 nitrogen and oxygen atoms in total. The van der Waals surface area contributed by atoms with Gasteiger partial charge in [0.2, 0.25) is 5.91 Å². The quantitative estimate of drug-likeness (QED) is 0.600. The molecule has 2 heterocycles. The first-order valence-electron chi connectivity index (χ1n) is 8.92. The van der Waals surface area contributed by atoms with E-state index in [-0.39, 0.29) is 24.1 Å². The standard InChI is InChI=1S/C20H21ClN4O2S2/c1-20(2,3)22-18(26)17(16-5-4-10-28-16)25(19(27)15-12-29-24-23-15)11-13-6-8-14(21)9-7-13/h4-10,12,17H,11H2,1-3H3,(H,22,26)/t17-/m0/s1. The third-order valence-corrected chi connectivity index (χ3v) is 5.66. The SMILES string of the molecule is CC(C)(C)NC(=O)[C@H](c1cccs1)N(Cc1ccc(Cl)cc1)C(=O)c1csnn1. The fourth-order valence-corrected chi connectivity index (χ4v) is 4.17. The number of benzene rings is 1. The Morgan fingerprint density at radius 2 is 1.93 bits per heavy atom. The van der Waals surface area contributed by atoms with Crippen LogP contribution in [0.4, 0.5) is 0 Å². The van der Waals surface area contributed by atoms with Crippen LogP contribution >= 0.6 is 34.5 Å². The summed E-state index contributed by atoms with van der Waals surface area (Å²) in [6.07, 6.45) is 0. The van der Waals surface area contributed by atoms with Gasteiger partial charge in [0.1, 0.15) is 6.04 Å². The average molecular weight is 449 g/mol. The molecule has 0 saturated heterocycles. The van der Waals surface area contributed by atoms with Gasteiger partial charge in [0.05, 0.1) is 0 Å². The fraction of sp³-hybridized carbons (Fsp3) is 0.300. The largest absolute Gasteiger partial charge is 0.349 e. The molecule has 0 aliphatic carbocycles. The zero-order valence-corrected chi connectivity index (χ0v) is 18.6. The monoisotopic (exact) mass is 448 g/mol. The van der Waals surface area contributed by atoms with Gasteiger partial charge in [0, 0.05) is 27.4 Å². The van der Waals surface area contributed by atoms with Gasteiger partial charge >= 0.3 is 0 Å². The van der Waals surface area contributed by atoms with Crippen LogP contribution in [0.2, 0.25) is 5.02 Å². The zero-order valence-electron chi connectivity index (χ0n) is 16.3. The van der Waals surface area contributed by atoms with Crippen LogP contribution in [-0.2, 0) is 11.3 Å². The molecule has 0 aliphatic rings. The van der Waals surface area contributed by atoms with Gasteiger partial charge in [0.25, 0.3) is 5.91 Å². The summed E-state index contributed by atoms with van der Waals surface area (Å²) in [5, 5.41) is 11.0. The van der Waals surface area contributed by atoms with Crippen LogP contribution in [0.1, 0.15) is 47.7 Å². The Balaban J connectivity index is 2.02. The Labute approximate surface area is 182 Å². The van der Waals surface area contributed by atoms with Gasteiger partial charge in [-0.2, -0.15) is 0 Å². The molecule has 0 bridgehead atoms. The molecule has 1 atom stereocenters. The van der Waals surface area contributed by atoms with Crippen molar-refractivity contribution >= 4 is 46.3 Å². The lowest BCUT2D eigenvalue weighted by atomic mass is 10.1. The van der Waals surface area contributed by atoms with Gasteiger partial charge in [-0.1, -0.05) is 34.3 Å². The molecule has 29 heavy (non-hydrogen) atoms. The van der Waals surface area contributed by atoms with Crippen molar-refractivity contribution in [2.75, 3.05) is 0 Å². The highest BCUT2D eigenvalue weighted by Gasteiger charge is 2.35. The molecular weight excluding hydrogens is 428 g/mol. The number of nitrogens with one attached hydrogen (secondary N) is 1. The van der Waals surface area contributed by atoms with E-state index >= 15 is 0 Å². The topological polar surface area (TPSA) is 75.2 Å². The molecule has 3 aromatic rings. The molecule has 2 amide bonds. The Morgan fingerprint density at radius 1 is 1.21 bits per heavy atom. The van der Waals surface area contributed by atoms with E-state index in [1.807, 2.05) is 50.4 Å². The molecule has 0 aliphatic heterocycles. The van der Waals surface area contributed by atoms with Crippen molar-refractivity contribution in [3.8, 4) is 0 Å². The van der Waals surface area contributed by atoms with Gasteiger partial charge in [-0.3, -0.25) is 9.59 Å². The molecule has 0 radical (unpaired) electrons. The molecular formula is C20H21ClN4O2S2. The number of rotatable bonds is 6. The number of carbonyl (C=O) groups is 2. The first-order chi connectivity index (χ1) is 13.7. The number of amides is 2. The highest BCUT2D eigenvalue weighted by atomic mass is 35.5. The van der Waals surface area contributed by atoms with Gasteiger partial charge in [-0.25, -0.2) is 0 Å². The van der Waals surface area contributed by atoms with Gasteiger partial charge in [0.15, 0.2) is 5.69 Å². The number of hydrogen-bond donors (Lipinski definition) is 1. The lowest BCUT2D eigenvalue weighted by Gasteiger charge is -2.32. The minimum absolute atomic E-state index is 0.217. The summed E-state index contributed by atoms with van der Waals surface area (Å²) in [6, 6.07) is 10.1. The molecule has 0 spiro atoms. The summed E-state index contributed by atoms with van der Waals surface area (Å²) in [5.74, 6) is -0.596. The molecule has 0 saturated carbocycles. The van der Waals surface area contributed by atoms with Crippen molar-refractivity contribution in [2.45, 2.75) is 38.9 Å². The third-order valence-electron chi connectivity index (χ3n) is 3.98. The van der Waals surface area contributed by atoms with Crippen LogP contribution in [-0.4, -0.2) is 31.8 Å². The number of carbonyl (C=O) groups excluding carboxylic acids is 2. The summed E-state index contributed by atoms with van der Waals surface area (Å²) >= 11 is 8.53. The smallest absolute Gasteiger partial charge is 0.276 e. The second kappa shape index (κ2) is 9.02. The Hall–Kier alpha value is -2.29. The maximum absolute atomic E-state index is 13.3. The van der Waals surface area contributed by atoms with Crippen molar-refractivity contribution in [1.82, 2.24) is 19.8 Å². The van der Waals surface area contributed by atoms with Crippen LogP contribution < -0.4 is 5.32 Å². The van der Waals surface area contributed by atoms with Crippen molar-refractivity contribution in [3.05, 3.63) is 68.3 Å². The normalized spacial score (nSPS) is 12.4. The van der Waals surface area contributed by atoms with Crippen LogP contribution in [0.5, 0.6) is 0 Å². The van der Waals surface area contributed by atoms with Crippen LogP contribution in [0, 0.1) is 0 Å². The van der Waals surface area contributed by atoms with Crippen molar-refractivity contribution in [2.24, 2.45) is 0 Å². The summed E-state index contributed by atoms with van der Waals surface area (Å²) < 4.78 is 3.80. The third kappa shape index (κ3) is 5.62. The Morgan fingerprint density at radius 3 is 2.48 bits per heavy atom. The maximum Gasteiger partial charge on any atom is 0.276 e. The summed E-state index contributed by atoms with van der Waals surface area (Å²) in [5.41, 5.74) is 0.633. The molecule has 1 N–H and O–H groups in total. The minimum Gasteiger partial charge on any atom is -0.349 e. The number of hydrogen-bond acceptors (Lipinski definition) is 6. The fourth-order valence-electron chi connectivity index (χ4n) is 2.78. The van der Waals surface area contributed by atoms with E-state index in [2.05, 4.69) is 14.9 Å². The van der Waals surface area contributed by atoms with Crippen LogP contribution in [0.25, 0.3) is 0 Å². The second-order valence-electron chi connectivity index (χ2n) is 7.51. The van der Waals surface area contributed by atoms with E-state index in [4.69, 9.17) is 11.6 Å². The highest BCUT2D eigenvalue weighted by molar-refractivity contribution is 7.10. The van der Waals surface area contributed by atoms with Crippen molar-refractivity contribution in [3.63, 3.8) is 0 Å². The molecule has 3 rings (SSSR count). The zero-order chi connectivity index (χ0) is 21.0. The second-order valence-corrected chi connectivity index (χ2v) is 9.53. The Kier molecular flexibility index (Phi) is 6.66.